The van der Waals surface area contributed by atoms with E-state index in [1.807, 2.05) is 0 Å². The number of carbonyl (C=O) groups excluding carboxylic acids is 1. The fraction of sp³-hybridized carbons (Fsp3) is 0.923. The number of hydrogen-bond donors (Lipinski definition) is 1. The van der Waals surface area contributed by atoms with Gasteiger partial charge in [0.25, 0.3) is 0 Å². The summed E-state index contributed by atoms with van der Waals surface area (Å²) in [6.07, 6.45) is 5.59. The molecule has 2 aliphatic heterocycles. The van der Waals surface area contributed by atoms with Gasteiger partial charge in [0.15, 0.2) is 0 Å². The molecule has 1 amide bonds. The molecule has 0 aromatic rings. The molecule has 0 radical (unpaired) electrons. The first-order valence-electron chi connectivity index (χ1n) is 6.84. The highest BCUT2D eigenvalue weighted by molar-refractivity contribution is 5.84. The summed E-state index contributed by atoms with van der Waals surface area (Å²) in [5, 5.41) is 3.46. The molecule has 3 fully saturated rings. The van der Waals surface area contributed by atoms with Crippen molar-refractivity contribution in [2.75, 3.05) is 19.8 Å². The first-order valence-corrected chi connectivity index (χ1v) is 6.84. The van der Waals surface area contributed by atoms with Crippen LogP contribution in [-0.2, 0) is 9.53 Å². The van der Waals surface area contributed by atoms with Gasteiger partial charge < -0.3 is 15.0 Å². The summed E-state index contributed by atoms with van der Waals surface area (Å²) in [6.45, 7) is 4.61. The molecule has 2 atom stereocenters. The molecule has 1 aliphatic carbocycles. The van der Waals surface area contributed by atoms with Gasteiger partial charge in [-0.15, -0.1) is 0 Å². The van der Waals surface area contributed by atoms with Crippen LogP contribution in [0.4, 0.5) is 0 Å². The zero-order valence-corrected chi connectivity index (χ0v) is 10.6. The maximum absolute atomic E-state index is 12.4. The summed E-state index contributed by atoms with van der Waals surface area (Å²) in [7, 11) is 0. The first-order chi connectivity index (χ1) is 8.19. The molecule has 17 heavy (non-hydrogen) atoms. The highest BCUT2D eigenvalue weighted by Crippen LogP contribution is 2.31. The van der Waals surface area contributed by atoms with Crippen LogP contribution in [-0.4, -0.2) is 48.2 Å². The van der Waals surface area contributed by atoms with Crippen LogP contribution >= 0.6 is 0 Å². The highest BCUT2D eigenvalue weighted by atomic mass is 16.5. The summed E-state index contributed by atoms with van der Waals surface area (Å²) >= 11 is 0. The number of amides is 1. The lowest BCUT2D eigenvalue weighted by Gasteiger charge is -2.41. The van der Waals surface area contributed by atoms with E-state index in [9.17, 15) is 4.79 Å². The molecular formula is C13H22N2O2. The molecule has 0 bridgehead atoms. The van der Waals surface area contributed by atoms with Crippen molar-refractivity contribution in [2.24, 2.45) is 0 Å². The Labute approximate surface area is 103 Å². The number of carbonyl (C=O) groups is 1. The third-order valence-corrected chi connectivity index (χ3v) is 4.29. The molecule has 1 saturated carbocycles. The smallest absolute Gasteiger partial charge is 0.240 e. The Balaban J connectivity index is 1.65. The molecule has 3 aliphatic rings. The monoisotopic (exact) mass is 238 g/mol. The predicted molar refractivity (Wildman–Crippen MR) is 64.7 cm³/mol. The van der Waals surface area contributed by atoms with E-state index < -0.39 is 0 Å². The second-order valence-electron chi connectivity index (χ2n) is 5.93. The average Bonchev–Trinajstić information content (AvgIpc) is 3.05. The summed E-state index contributed by atoms with van der Waals surface area (Å²) in [5.41, 5.74) is -0.0602. The van der Waals surface area contributed by atoms with Crippen LogP contribution in [0.5, 0.6) is 0 Å². The molecule has 96 valence electrons. The number of nitrogens with one attached hydrogen (secondary N) is 1. The molecule has 2 unspecified atom stereocenters. The van der Waals surface area contributed by atoms with E-state index in [-0.39, 0.29) is 11.6 Å². The molecule has 0 aromatic heterocycles. The Hall–Kier alpha value is -0.610. The summed E-state index contributed by atoms with van der Waals surface area (Å²) in [4.78, 5) is 14.4. The largest absolute Gasteiger partial charge is 0.379 e. The van der Waals surface area contributed by atoms with Crippen molar-refractivity contribution in [3.63, 3.8) is 0 Å². The molecule has 0 aromatic carbocycles. The summed E-state index contributed by atoms with van der Waals surface area (Å²) < 4.78 is 5.56. The van der Waals surface area contributed by atoms with E-state index in [1.165, 1.54) is 12.8 Å². The highest BCUT2D eigenvalue weighted by Gasteiger charge is 2.44. The second kappa shape index (κ2) is 4.25. The van der Waals surface area contributed by atoms with Gasteiger partial charge in [0, 0.05) is 19.2 Å². The van der Waals surface area contributed by atoms with Crippen molar-refractivity contribution in [3.05, 3.63) is 0 Å². The lowest BCUT2D eigenvalue weighted by molar-refractivity contribution is -0.139. The predicted octanol–water partition coefficient (Wildman–Crippen LogP) is 0.908. The number of likely N-dealkylation sites (tertiary alicyclic amines) is 1. The SMILES string of the molecule is CC1(N2CCC(NC3CC3)C2=O)CCCOC1. The molecule has 2 heterocycles. The van der Waals surface area contributed by atoms with Crippen molar-refractivity contribution >= 4 is 5.91 Å². The van der Waals surface area contributed by atoms with Crippen LogP contribution in [0, 0.1) is 0 Å². The van der Waals surface area contributed by atoms with Crippen LogP contribution in [0.1, 0.15) is 39.0 Å². The van der Waals surface area contributed by atoms with Crippen molar-refractivity contribution in [2.45, 2.75) is 56.7 Å². The summed E-state index contributed by atoms with van der Waals surface area (Å²) in [5.74, 6) is 0.296. The molecule has 1 N–H and O–H groups in total. The van der Waals surface area contributed by atoms with Gasteiger partial charge in [-0.25, -0.2) is 0 Å². The van der Waals surface area contributed by atoms with E-state index in [1.54, 1.807) is 0 Å². The van der Waals surface area contributed by atoms with Gasteiger partial charge in [-0.3, -0.25) is 4.79 Å². The average molecular weight is 238 g/mol. The van der Waals surface area contributed by atoms with Gasteiger partial charge in [-0.05, 0) is 39.0 Å². The molecule has 4 nitrogen and oxygen atoms in total. The van der Waals surface area contributed by atoms with Gasteiger partial charge in [0.2, 0.25) is 5.91 Å². The van der Waals surface area contributed by atoms with Gasteiger partial charge in [0.1, 0.15) is 0 Å². The number of ether oxygens (including phenoxy) is 1. The fourth-order valence-corrected chi connectivity index (χ4v) is 3.04. The van der Waals surface area contributed by atoms with E-state index >= 15 is 0 Å². The number of nitrogens with zero attached hydrogens (tertiary/aromatic N) is 1. The lowest BCUT2D eigenvalue weighted by Crippen LogP contribution is -2.54. The van der Waals surface area contributed by atoms with Crippen LogP contribution < -0.4 is 5.32 Å². The Morgan fingerprint density at radius 1 is 1.41 bits per heavy atom. The maximum Gasteiger partial charge on any atom is 0.240 e. The Bertz CT molecular complexity index is 309. The van der Waals surface area contributed by atoms with Crippen LogP contribution in [0.25, 0.3) is 0 Å². The zero-order chi connectivity index (χ0) is 11.9. The topological polar surface area (TPSA) is 41.6 Å². The zero-order valence-electron chi connectivity index (χ0n) is 10.6. The van der Waals surface area contributed by atoms with Gasteiger partial charge in [-0.2, -0.15) is 0 Å². The van der Waals surface area contributed by atoms with Crippen LogP contribution in [0.2, 0.25) is 0 Å². The van der Waals surface area contributed by atoms with Crippen molar-refractivity contribution < 1.29 is 9.53 Å². The van der Waals surface area contributed by atoms with Gasteiger partial charge in [0.05, 0.1) is 18.2 Å². The molecule has 2 saturated heterocycles. The van der Waals surface area contributed by atoms with E-state index in [0.717, 1.165) is 32.4 Å². The van der Waals surface area contributed by atoms with E-state index in [4.69, 9.17) is 4.74 Å². The van der Waals surface area contributed by atoms with Gasteiger partial charge in [-0.1, -0.05) is 0 Å². The summed E-state index contributed by atoms with van der Waals surface area (Å²) in [6, 6.07) is 0.681. The molecule has 3 rings (SSSR count). The Morgan fingerprint density at radius 2 is 2.24 bits per heavy atom. The van der Waals surface area contributed by atoms with Crippen molar-refractivity contribution in [3.8, 4) is 0 Å². The third kappa shape index (κ3) is 2.20. The minimum absolute atomic E-state index is 0.0602. The Kier molecular flexibility index (Phi) is 2.87. The molecular weight excluding hydrogens is 216 g/mol. The minimum atomic E-state index is -0.0602. The van der Waals surface area contributed by atoms with Crippen molar-refractivity contribution in [1.82, 2.24) is 10.2 Å². The van der Waals surface area contributed by atoms with Gasteiger partial charge >= 0.3 is 0 Å². The standard InChI is InChI=1S/C13H22N2O2/c1-13(6-2-8-17-9-13)15-7-5-11(12(15)16)14-10-3-4-10/h10-11,14H,2-9H2,1H3. The first kappa shape index (κ1) is 11.5. The van der Waals surface area contributed by atoms with Crippen LogP contribution in [0.3, 0.4) is 0 Å². The second-order valence-corrected chi connectivity index (χ2v) is 5.93. The third-order valence-electron chi connectivity index (χ3n) is 4.29. The molecule has 4 heteroatoms. The fourth-order valence-electron chi connectivity index (χ4n) is 3.04. The maximum atomic E-state index is 12.4. The minimum Gasteiger partial charge on any atom is -0.379 e. The normalized spacial score (nSPS) is 38.8. The molecule has 0 spiro atoms. The van der Waals surface area contributed by atoms with Crippen molar-refractivity contribution in [1.29, 1.82) is 0 Å². The van der Waals surface area contributed by atoms with E-state index in [0.29, 0.717) is 18.6 Å². The Morgan fingerprint density at radius 3 is 2.88 bits per heavy atom. The van der Waals surface area contributed by atoms with Crippen LogP contribution in [0.15, 0.2) is 0 Å². The number of hydrogen-bond acceptors (Lipinski definition) is 3. The lowest BCUT2D eigenvalue weighted by atomic mass is 9.93. The number of rotatable bonds is 3. The quantitative estimate of drug-likeness (QED) is 0.794. The van der Waals surface area contributed by atoms with E-state index in [2.05, 4.69) is 17.1 Å².